The minimum atomic E-state index is -0.693. The van der Waals surface area contributed by atoms with E-state index in [-0.39, 0.29) is 6.03 Å². The van der Waals surface area contributed by atoms with Crippen molar-refractivity contribution in [3.8, 4) is 0 Å². The molecule has 0 aromatic rings. The average molecular weight is 249 g/mol. The van der Waals surface area contributed by atoms with Crippen LogP contribution in [0.1, 0.15) is 13.3 Å². The SMILES string of the molecule is COCC1CCN(C(=O)NC(=O)C(C)Cl)C1. The van der Waals surface area contributed by atoms with Gasteiger partial charge in [0, 0.05) is 26.1 Å². The molecule has 6 heteroatoms. The van der Waals surface area contributed by atoms with Gasteiger partial charge < -0.3 is 9.64 Å². The summed E-state index contributed by atoms with van der Waals surface area (Å²) in [5.74, 6) is -0.0962. The maximum Gasteiger partial charge on any atom is 0.324 e. The second kappa shape index (κ2) is 6.06. The normalized spacial score (nSPS) is 21.9. The van der Waals surface area contributed by atoms with Gasteiger partial charge in [0.1, 0.15) is 5.38 Å². The Balaban J connectivity index is 2.36. The number of carbonyl (C=O) groups excluding carboxylic acids is 2. The van der Waals surface area contributed by atoms with Crippen molar-refractivity contribution in [2.24, 2.45) is 5.92 Å². The lowest BCUT2D eigenvalue weighted by molar-refractivity contribution is -0.119. The lowest BCUT2D eigenvalue weighted by atomic mass is 10.1. The molecule has 1 rings (SSSR count). The summed E-state index contributed by atoms with van der Waals surface area (Å²) in [6.45, 7) is 3.46. The lowest BCUT2D eigenvalue weighted by Gasteiger charge is -2.17. The molecule has 1 fully saturated rings. The Bertz CT molecular complexity index is 271. The van der Waals surface area contributed by atoms with E-state index >= 15 is 0 Å². The van der Waals surface area contributed by atoms with Gasteiger partial charge in [0.25, 0.3) is 0 Å². The third kappa shape index (κ3) is 3.64. The van der Waals surface area contributed by atoms with Crippen LogP contribution in [0.5, 0.6) is 0 Å². The Morgan fingerprint density at radius 1 is 1.62 bits per heavy atom. The van der Waals surface area contributed by atoms with Gasteiger partial charge in [0.2, 0.25) is 5.91 Å². The van der Waals surface area contributed by atoms with Gasteiger partial charge in [-0.2, -0.15) is 0 Å². The molecule has 0 bridgehead atoms. The largest absolute Gasteiger partial charge is 0.384 e. The van der Waals surface area contributed by atoms with Crippen LogP contribution in [-0.2, 0) is 9.53 Å². The molecule has 2 unspecified atom stereocenters. The molecule has 2 atom stereocenters. The summed E-state index contributed by atoms with van der Waals surface area (Å²) in [7, 11) is 1.64. The molecule has 0 saturated carbocycles. The Labute approximate surface area is 100 Å². The van der Waals surface area contributed by atoms with Crippen LogP contribution in [0.25, 0.3) is 0 Å². The second-order valence-corrected chi connectivity index (χ2v) is 4.62. The predicted octanol–water partition coefficient (Wildman–Crippen LogP) is 0.818. The smallest absolute Gasteiger partial charge is 0.324 e. The zero-order valence-electron chi connectivity index (χ0n) is 9.53. The minimum Gasteiger partial charge on any atom is -0.384 e. The number of halogens is 1. The van der Waals surface area contributed by atoms with Crippen LogP contribution in [0.15, 0.2) is 0 Å². The van der Waals surface area contributed by atoms with Crippen molar-refractivity contribution in [3.63, 3.8) is 0 Å². The molecule has 0 aromatic carbocycles. The third-order valence-corrected chi connectivity index (χ3v) is 2.77. The predicted molar refractivity (Wildman–Crippen MR) is 60.4 cm³/mol. The number of amides is 3. The number of hydrogen-bond acceptors (Lipinski definition) is 3. The fraction of sp³-hybridized carbons (Fsp3) is 0.800. The number of nitrogens with zero attached hydrogens (tertiary/aromatic N) is 1. The van der Waals surface area contributed by atoms with Crippen LogP contribution in [0.4, 0.5) is 4.79 Å². The van der Waals surface area contributed by atoms with E-state index in [1.54, 1.807) is 12.0 Å². The number of imide groups is 1. The molecule has 92 valence electrons. The first-order valence-corrected chi connectivity index (χ1v) is 5.71. The van der Waals surface area contributed by atoms with Crippen LogP contribution in [0, 0.1) is 5.92 Å². The summed E-state index contributed by atoms with van der Waals surface area (Å²) in [6, 6.07) is -0.365. The molecule has 0 spiro atoms. The van der Waals surface area contributed by atoms with E-state index in [2.05, 4.69) is 5.32 Å². The van der Waals surface area contributed by atoms with Crippen LogP contribution in [0.3, 0.4) is 0 Å². The molecule has 5 nitrogen and oxygen atoms in total. The van der Waals surface area contributed by atoms with Gasteiger partial charge in [-0.1, -0.05) is 0 Å². The first kappa shape index (κ1) is 13.3. The quantitative estimate of drug-likeness (QED) is 0.753. The zero-order chi connectivity index (χ0) is 12.1. The fourth-order valence-corrected chi connectivity index (χ4v) is 1.73. The molecule has 0 radical (unpaired) electrons. The molecule has 0 aromatic heterocycles. The van der Waals surface area contributed by atoms with Gasteiger partial charge in [0.15, 0.2) is 0 Å². The summed E-state index contributed by atoms with van der Waals surface area (Å²) in [4.78, 5) is 24.4. The van der Waals surface area contributed by atoms with E-state index in [1.807, 2.05) is 0 Å². The van der Waals surface area contributed by atoms with E-state index in [9.17, 15) is 9.59 Å². The number of likely N-dealkylation sites (tertiary alicyclic amines) is 1. The lowest BCUT2D eigenvalue weighted by Crippen LogP contribution is -2.44. The summed E-state index contributed by atoms with van der Waals surface area (Å²) >= 11 is 5.55. The maximum absolute atomic E-state index is 11.6. The van der Waals surface area contributed by atoms with Crippen molar-refractivity contribution in [1.82, 2.24) is 10.2 Å². The number of hydrogen-bond donors (Lipinski definition) is 1. The first-order chi connectivity index (χ1) is 7.54. The molecule has 1 heterocycles. The third-order valence-electron chi connectivity index (χ3n) is 2.57. The average Bonchev–Trinajstić information content (AvgIpc) is 2.66. The van der Waals surface area contributed by atoms with Crippen molar-refractivity contribution < 1.29 is 14.3 Å². The fourth-order valence-electron chi connectivity index (χ4n) is 1.67. The minimum absolute atomic E-state index is 0.360. The standard InChI is InChI=1S/C10H17ClN2O3/c1-7(11)9(14)12-10(15)13-4-3-8(5-13)6-16-2/h7-8H,3-6H2,1-2H3,(H,12,14,15). The Morgan fingerprint density at radius 3 is 2.88 bits per heavy atom. The molecular formula is C10H17ClN2O3. The van der Waals surface area contributed by atoms with E-state index in [4.69, 9.17) is 16.3 Å². The molecule has 3 amide bonds. The van der Waals surface area contributed by atoms with E-state index in [1.165, 1.54) is 6.92 Å². The Kier molecular flexibility index (Phi) is 5.02. The molecule has 16 heavy (non-hydrogen) atoms. The van der Waals surface area contributed by atoms with Crippen molar-refractivity contribution >= 4 is 23.5 Å². The van der Waals surface area contributed by atoms with E-state index in [0.717, 1.165) is 6.42 Å². The van der Waals surface area contributed by atoms with E-state index in [0.29, 0.717) is 25.6 Å². The van der Waals surface area contributed by atoms with Gasteiger partial charge >= 0.3 is 6.03 Å². The van der Waals surface area contributed by atoms with Crippen molar-refractivity contribution in [3.05, 3.63) is 0 Å². The number of ether oxygens (including phenoxy) is 1. The molecule has 1 saturated heterocycles. The Morgan fingerprint density at radius 2 is 2.31 bits per heavy atom. The zero-order valence-corrected chi connectivity index (χ0v) is 10.3. The van der Waals surface area contributed by atoms with Crippen LogP contribution in [-0.4, -0.2) is 49.0 Å². The van der Waals surface area contributed by atoms with Crippen molar-refractivity contribution in [2.45, 2.75) is 18.7 Å². The van der Waals surface area contributed by atoms with E-state index < -0.39 is 11.3 Å². The number of urea groups is 1. The summed E-state index contributed by atoms with van der Waals surface area (Å²) in [6.07, 6.45) is 0.909. The van der Waals surface area contributed by atoms with Gasteiger partial charge in [-0.25, -0.2) is 4.79 Å². The molecular weight excluding hydrogens is 232 g/mol. The summed E-state index contributed by atoms with van der Waals surface area (Å²) < 4.78 is 5.03. The number of alkyl halides is 1. The van der Waals surface area contributed by atoms with Crippen LogP contribution >= 0.6 is 11.6 Å². The van der Waals surface area contributed by atoms with Gasteiger partial charge in [-0.05, 0) is 13.3 Å². The first-order valence-electron chi connectivity index (χ1n) is 5.27. The number of methoxy groups -OCH3 is 1. The van der Waals surface area contributed by atoms with Crippen LogP contribution < -0.4 is 5.32 Å². The highest BCUT2D eigenvalue weighted by atomic mass is 35.5. The number of nitrogens with one attached hydrogen (secondary N) is 1. The van der Waals surface area contributed by atoms with Crippen molar-refractivity contribution in [2.75, 3.05) is 26.8 Å². The highest BCUT2D eigenvalue weighted by Crippen LogP contribution is 2.16. The summed E-state index contributed by atoms with van der Waals surface area (Å²) in [5, 5.41) is 1.57. The highest BCUT2D eigenvalue weighted by molar-refractivity contribution is 6.31. The maximum atomic E-state index is 11.6. The van der Waals surface area contributed by atoms with Gasteiger partial charge in [0.05, 0.1) is 6.61 Å². The molecule has 1 aliphatic rings. The molecule has 0 aliphatic carbocycles. The Hall–Kier alpha value is -0.810. The summed E-state index contributed by atoms with van der Waals surface area (Å²) in [5.41, 5.74) is 0. The van der Waals surface area contributed by atoms with Crippen molar-refractivity contribution in [1.29, 1.82) is 0 Å². The number of carbonyl (C=O) groups is 2. The van der Waals surface area contributed by atoms with Crippen LogP contribution in [0.2, 0.25) is 0 Å². The second-order valence-electron chi connectivity index (χ2n) is 3.97. The number of rotatable bonds is 3. The molecule has 1 N–H and O–H groups in total. The molecule has 1 aliphatic heterocycles. The highest BCUT2D eigenvalue weighted by Gasteiger charge is 2.27. The van der Waals surface area contributed by atoms with Gasteiger partial charge in [-0.3, -0.25) is 10.1 Å². The monoisotopic (exact) mass is 248 g/mol. The van der Waals surface area contributed by atoms with Gasteiger partial charge in [-0.15, -0.1) is 11.6 Å². The topological polar surface area (TPSA) is 58.6 Å².